The maximum Gasteiger partial charge on any atom is 0.416 e. The molecule has 138 valence electrons. The van der Waals surface area contributed by atoms with Gasteiger partial charge in [-0.3, -0.25) is 5.32 Å². The van der Waals surface area contributed by atoms with Gasteiger partial charge >= 0.3 is 12.3 Å². The fourth-order valence-electron chi connectivity index (χ4n) is 2.68. The lowest BCUT2D eigenvalue weighted by Crippen LogP contribution is -2.14. The summed E-state index contributed by atoms with van der Waals surface area (Å²) < 4.78 is 42.8. The number of hydrogen-bond acceptors (Lipinski definition) is 3. The summed E-state index contributed by atoms with van der Waals surface area (Å²) >= 11 is 0. The highest BCUT2D eigenvalue weighted by molar-refractivity contribution is 6.00. The van der Waals surface area contributed by atoms with E-state index in [2.05, 4.69) is 5.32 Å². The maximum absolute atomic E-state index is 12.5. The summed E-state index contributed by atoms with van der Waals surface area (Å²) in [6.45, 7) is -0.00867. The van der Waals surface area contributed by atoms with Gasteiger partial charge in [0.2, 0.25) is 0 Å². The minimum atomic E-state index is -4.43. The van der Waals surface area contributed by atoms with E-state index in [4.69, 9.17) is 10.1 Å². The molecule has 0 saturated carbocycles. The highest BCUT2D eigenvalue weighted by Gasteiger charge is 2.30. The summed E-state index contributed by atoms with van der Waals surface area (Å²) in [5, 5.41) is 11.6. The third-order valence-corrected chi connectivity index (χ3v) is 4.02. The summed E-state index contributed by atoms with van der Waals surface area (Å²) in [6.07, 6.45) is -3.94. The number of fused-ring (bicyclic) bond motifs is 1. The van der Waals surface area contributed by atoms with Crippen LogP contribution >= 0.6 is 0 Å². The van der Waals surface area contributed by atoms with E-state index in [9.17, 15) is 18.0 Å². The number of halogens is 3. The summed E-state index contributed by atoms with van der Waals surface area (Å²) in [5.74, 6) is 0. The lowest BCUT2D eigenvalue weighted by atomic mass is 10.0. The fraction of sp³-hybridized carbons (Fsp3) is 0.100. The Bertz CT molecular complexity index is 983. The zero-order valence-electron chi connectivity index (χ0n) is 14.0. The zero-order chi connectivity index (χ0) is 19.4. The minimum Gasteiger partial charge on any atom is -0.444 e. The van der Waals surface area contributed by atoms with Crippen molar-refractivity contribution >= 4 is 28.8 Å². The molecule has 0 aromatic heterocycles. The Morgan fingerprint density at radius 3 is 2.30 bits per heavy atom. The van der Waals surface area contributed by atoms with Crippen molar-refractivity contribution in [2.75, 3.05) is 5.32 Å². The summed E-state index contributed by atoms with van der Waals surface area (Å²) in [4.78, 5) is 11.9. The van der Waals surface area contributed by atoms with Gasteiger partial charge in [0.1, 0.15) is 6.61 Å². The fourth-order valence-corrected chi connectivity index (χ4v) is 2.68. The Hall–Kier alpha value is -3.35. The molecule has 3 aromatic carbocycles. The van der Waals surface area contributed by atoms with Gasteiger partial charge in [0.15, 0.2) is 0 Å². The van der Waals surface area contributed by atoms with Gasteiger partial charge in [0, 0.05) is 11.9 Å². The Labute approximate surface area is 153 Å². The number of amides is 1. The third kappa shape index (κ3) is 4.25. The van der Waals surface area contributed by atoms with Crippen molar-refractivity contribution in [3.63, 3.8) is 0 Å². The molecule has 27 heavy (non-hydrogen) atoms. The molecule has 0 aliphatic heterocycles. The average Bonchev–Trinajstić information content (AvgIpc) is 2.65. The third-order valence-electron chi connectivity index (χ3n) is 4.02. The Morgan fingerprint density at radius 2 is 1.67 bits per heavy atom. The van der Waals surface area contributed by atoms with E-state index >= 15 is 0 Å². The number of alkyl halides is 3. The number of carbonyl (C=O) groups excluding carboxylic acids is 1. The van der Waals surface area contributed by atoms with Gasteiger partial charge in [-0.05, 0) is 46.2 Å². The van der Waals surface area contributed by atoms with Crippen molar-refractivity contribution in [2.45, 2.75) is 12.8 Å². The predicted molar refractivity (Wildman–Crippen MR) is 97.1 cm³/mol. The molecule has 0 radical (unpaired) electrons. The van der Waals surface area contributed by atoms with Gasteiger partial charge in [0.05, 0.1) is 5.56 Å². The largest absolute Gasteiger partial charge is 0.444 e. The average molecular weight is 372 g/mol. The van der Waals surface area contributed by atoms with Gasteiger partial charge in [-0.2, -0.15) is 13.2 Å². The van der Waals surface area contributed by atoms with Crippen molar-refractivity contribution in [3.8, 4) is 0 Å². The van der Waals surface area contributed by atoms with Crippen LogP contribution in [0.1, 0.15) is 16.7 Å². The topological polar surface area (TPSA) is 62.2 Å². The number of carbonyl (C=O) groups is 1. The van der Waals surface area contributed by atoms with E-state index in [0.717, 1.165) is 34.0 Å². The molecule has 3 rings (SSSR count). The van der Waals surface area contributed by atoms with Crippen LogP contribution in [0.5, 0.6) is 0 Å². The van der Waals surface area contributed by atoms with E-state index in [0.29, 0.717) is 0 Å². The standard InChI is InChI=1S/C20H15F3N2O2/c21-20(22,23)15-7-9-16(10-8-15)25-19(26)27-12-14-6-5-13(11-24)17-3-1-2-4-18(14)17/h1-11,24H,12H2,(H,25,26). The van der Waals surface area contributed by atoms with E-state index in [1.54, 1.807) is 12.1 Å². The van der Waals surface area contributed by atoms with Crippen LogP contribution in [0.2, 0.25) is 0 Å². The van der Waals surface area contributed by atoms with Gasteiger partial charge < -0.3 is 10.1 Å². The molecule has 7 heteroatoms. The molecular weight excluding hydrogens is 357 g/mol. The van der Waals surface area contributed by atoms with Crippen LogP contribution < -0.4 is 5.32 Å². The molecule has 0 heterocycles. The van der Waals surface area contributed by atoms with E-state index in [1.165, 1.54) is 18.3 Å². The van der Waals surface area contributed by atoms with E-state index in [-0.39, 0.29) is 12.3 Å². The van der Waals surface area contributed by atoms with Crippen LogP contribution in [0, 0.1) is 5.41 Å². The SMILES string of the molecule is N=Cc1ccc(COC(=O)Nc2ccc(C(F)(F)F)cc2)c2ccccc12. The second-order valence-electron chi connectivity index (χ2n) is 5.78. The lowest BCUT2D eigenvalue weighted by Gasteiger charge is -2.11. The number of rotatable bonds is 4. The highest BCUT2D eigenvalue weighted by Crippen LogP contribution is 2.30. The Kier molecular flexibility index (Phi) is 5.12. The van der Waals surface area contributed by atoms with E-state index in [1.807, 2.05) is 24.3 Å². The number of nitrogens with one attached hydrogen (secondary N) is 2. The number of hydrogen-bond donors (Lipinski definition) is 2. The number of benzene rings is 3. The molecular formula is C20H15F3N2O2. The normalized spacial score (nSPS) is 11.2. The number of ether oxygens (including phenoxy) is 1. The molecule has 0 aliphatic carbocycles. The van der Waals surface area contributed by atoms with Gasteiger partial charge in [0.25, 0.3) is 0 Å². The quantitative estimate of drug-likeness (QED) is 0.585. The molecule has 1 amide bonds. The van der Waals surface area contributed by atoms with Crippen molar-refractivity contribution in [1.82, 2.24) is 0 Å². The first-order valence-corrected chi connectivity index (χ1v) is 8.00. The van der Waals surface area contributed by atoms with Crippen LogP contribution in [0.25, 0.3) is 10.8 Å². The summed E-state index contributed by atoms with van der Waals surface area (Å²) in [7, 11) is 0. The second kappa shape index (κ2) is 7.49. The molecule has 0 spiro atoms. The molecule has 2 N–H and O–H groups in total. The van der Waals surface area contributed by atoms with Gasteiger partial charge in [-0.15, -0.1) is 0 Å². The summed E-state index contributed by atoms with van der Waals surface area (Å²) in [6, 6.07) is 15.1. The molecule has 4 nitrogen and oxygen atoms in total. The van der Waals surface area contributed by atoms with Crippen LogP contribution in [0.3, 0.4) is 0 Å². The second-order valence-corrected chi connectivity index (χ2v) is 5.78. The molecule has 0 fully saturated rings. The lowest BCUT2D eigenvalue weighted by molar-refractivity contribution is -0.137. The molecule has 0 saturated heterocycles. The molecule has 0 atom stereocenters. The summed E-state index contributed by atoms with van der Waals surface area (Å²) in [5.41, 5.74) is 0.929. The minimum absolute atomic E-state index is 0.00867. The van der Waals surface area contributed by atoms with Crippen LogP contribution in [0.4, 0.5) is 23.7 Å². The molecule has 0 unspecified atom stereocenters. The highest BCUT2D eigenvalue weighted by atomic mass is 19.4. The first-order valence-electron chi connectivity index (χ1n) is 8.00. The maximum atomic E-state index is 12.5. The predicted octanol–water partition coefficient (Wildman–Crippen LogP) is 5.60. The first kappa shape index (κ1) is 18.4. The van der Waals surface area contributed by atoms with Crippen molar-refractivity contribution in [2.24, 2.45) is 0 Å². The van der Waals surface area contributed by atoms with Crippen LogP contribution in [-0.4, -0.2) is 12.3 Å². The van der Waals surface area contributed by atoms with Crippen molar-refractivity contribution in [1.29, 1.82) is 5.41 Å². The van der Waals surface area contributed by atoms with Crippen molar-refractivity contribution in [3.05, 3.63) is 77.4 Å². The van der Waals surface area contributed by atoms with Crippen molar-refractivity contribution < 1.29 is 22.7 Å². The number of anilines is 1. The zero-order valence-corrected chi connectivity index (χ0v) is 14.0. The first-order chi connectivity index (χ1) is 12.9. The Morgan fingerprint density at radius 1 is 1.00 bits per heavy atom. The van der Waals surface area contributed by atoms with E-state index < -0.39 is 17.8 Å². The molecule has 3 aromatic rings. The smallest absolute Gasteiger partial charge is 0.416 e. The molecule has 0 aliphatic rings. The molecule has 0 bridgehead atoms. The van der Waals surface area contributed by atoms with Crippen LogP contribution in [0.15, 0.2) is 60.7 Å². The van der Waals surface area contributed by atoms with Crippen LogP contribution in [-0.2, 0) is 17.5 Å². The monoisotopic (exact) mass is 372 g/mol. The van der Waals surface area contributed by atoms with Gasteiger partial charge in [-0.1, -0.05) is 36.4 Å². The Balaban J connectivity index is 1.68. The van der Waals surface area contributed by atoms with Gasteiger partial charge in [-0.25, -0.2) is 4.79 Å².